The fourth-order valence-electron chi connectivity index (χ4n) is 1.88. The molecule has 0 aliphatic carbocycles. The highest BCUT2D eigenvalue weighted by molar-refractivity contribution is 6.32. The Balaban J connectivity index is 2.10. The summed E-state index contributed by atoms with van der Waals surface area (Å²) in [6.45, 7) is 5.78. The molecule has 1 heterocycles. The first-order chi connectivity index (χ1) is 10.1. The minimum absolute atomic E-state index is 0.404. The zero-order chi connectivity index (χ0) is 15.2. The lowest BCUT2D eigenvalue weighted by Crippen LogP contribution is -2.13. The molecule has 0 fully saturated rings. The van der Waals surface area contributed by atoms with Crippen molar-refractivity contribution >= 4 is 23.2 Å². The van der Waals surface area contributed by atoms with E-state index in [4.69, 9.17) is 27.9 Å². The summed E-state index contributed by atoms with van der Waals surface area (Å²) in [7, 11) is 0. The van der Waals surface area contributed by atoms with Gasteiger partial charge in [0.25, 0.3) is 0 Å². The van der Waals surface area contributed by atoms with Crippen LogP contribution in [0.2, 0.25) is 10.0 Å². The number of nitrogens with one attached hydrogen (secondary N) is 1. The van der Waals surface area contributed by atoms with Crippen molar-refractivity contribution in [3.63, 3.8) is 0 Å². The van der Waals surface area contributed by atoms with Crippen LogP contribution >= 0.6 is 23.2 Å². The molecule has 5 heteroatoms. The molecule has 0 saturated heterocycles. The van der Waals surface area contributed by atoms with Crippen molar-refractivity contribution in [2.75, 3.05) is 6.54 Å². The van der Waals surface area contributed by atoms with E-state index in [1.54, 1.807) is 12.3 Å². The molecular formula is C16H18Cl2N2O. The predicted molar refractivity (Wildman–Crippen MR) is 87.5 cm³/mol. The molecule has 2 rings (SSSR count). The molecule has 0 atom stereocenters. The number of nitrogens with zero attached hydrogens (tertiary/aromatic N) is 1. The second-order valence-corrected chi connectivity index (χ2v) is 5.66. The number of hydrogen-bond donors (Lipinski definition) is 1. The third kappa shape index (κ3) is 4.60. The van der Waals surface area contributed by atoms with Crippen molar-refractivity contribution in [2.24, 2.45) is 0 Å². The predicted octanol–water partition coefficient (Wildman–Crippen LogP) is 4.99. The molecule has 112 valence electrons. The Morgan fingerprint density at radius 1 is 1.24 bits per heavy atom. The first-order valence-electron chi connectivity index (χ1n) is 6.89. The molecule has 21 heavy (non-hydrogen) atoms. The number of aryl methyl sites for hydroxylation is 1. The van der Waals surface area contributed by atoms with Crippen molar-refractivity contribution in [1.29, 1.82) is 0 Å². The Labute approximate surface area is 135 Å². The van der Waals surface area contributed by atoms with Crippen molar-refractivity contribution in [3.8, 4) is 11.6 Å². The fraction of sp³-hybridized carbons (Fsp3) is 0.312. The molecule has 0 aliphatic heterocycles. The van der Waals surface area contributed by atoms with Gasteiger partial charge in [-0.15, -0.1) is 0 Å². The van der Waals surface area contributed by atoms with Crippen molar-refractivity contribution in [2.45, 2.75) is 26.8 Å². The van der Waals surface area contributed by atoms with Crippen molar-refractivity contribution in [1.82, 2.24) is 10.3 Å². The molecule has 0 unspecified atom stereocenters. The molecular weight excluding hydrogens is 307 g/mol. The highest BCUT2D eigenvalue weighted by Gasteiger charge is 2.08. The van der Waals surface area contributed by atoms with Gasteiger partial charge in [-0.2, -0.15) is 0 Å². The number of aromatic nitrogens is 1. The van der Waals surface area contributed by atoms with E-state index in [0.717, 1.165) is 30.6 Å². The van der Waals surface area contributed by atoms with E-state index in [1.165, 1.54) is 0 Å². The minimum Gasteiger partial charge on any atom is -0.437 e. The number of halogens is 2. The van der Waals surface area contributed by atoms with Gasteiger partial charge in [0.15, 0.2) is 0 Å². The van der Waals surface area contributed by atoms with Crippen molar-refractivity contribution in [3.05, 3.63) is 51.6 Å². The van der Waals surface area contributed by atoms with Gasteiger partial charge in [-0.25, -0.2) is 4.98 Å². The smallest absolute Gasteiger partial charge is 0.238 e. The molecule has 1 aromatic heterocycles. The monoisotopic (exact) mass is 324 g/mol. The highest BCUT2D eigenvalue weighted by Crippen LogP contribution is 2.30. The van der Waals surface area contributed by atoms with Gasteiger partial charge in [0, 0.05) is 17.8 Å². The Kier molecular flexibility index (Phi) is 5.85. The number of benzene rings is 1. The van der Waals surface area contributed by atoms with E-state index in [1.807, 2.05) is 25.1 Å². The molecule has 2 aromatic rings. The first-order valence-corrected chi connectivity index (χ1v) is 7.65. The Morgan fingerprint density at radius 2 is 2.05 bits per heavy atom. The minimum atomic E-state index is 0.404. The third-order valence-electron chi connectivity index (χ3n) is 2.96. The van der Waals surface area contributed by atoms with Gasteiger partial charge >= 0.3 is 0 Å². The molecule has 0 radical (unpaired) electrons. The van der Waals surface area contributed by atoms with E-state index in [2.05, 4.69) is 17.2 Å². The first kappa shape index (κ1) is 16.1. The second kappa shape index (κ2) is 7.64. The van der Waals surface area contributed by atoms with E-state index in [-0.39, 0.29) is 0 Å². The zero-order valence-corrected chi connectivity index (χ0v) is 13.6. The number of rotatable bonds is 6. The van der Waals surface area contributed by atoms with Gasteiger partial charge in [0.2, 0.25) is 5.88 Å². The van der Waals surface area contributed by atoms with Gasteiger partial charge in [-0.05, 0) is 55.3 Å². The second-order valence-electron chi connectivity index (χ2n) is 4.82. The van der Waals surface area contributed by atoms with Crippen LogP contribution in [0.25, 0.3) is 0 Å². The lowest BCUT2D eigenvalue weighted by molar-refractivity contribution is 0.459. The molecule has 3 nitrogen and oxygen atoms in total. The Morgan fingerprint density at radius 3 is 2.71 bits per heavy atom. The zero-order valence-electron chi connectivity index (χ0n) is 12.1. The van der Waals surface area contributed by atoms with E-state index in [0.29, 0.717) is 21.7 Å². The molecule has 0 bridgehead atoms. The fourth-order valence-corrected chi connectivity index (χ4v) is 2.33. The van der Waals surface area contributed by atoms with Gasteiger partial charge in [-0.1, -0.05) is 30.1 Å². The van der Waals surface area contributed by atoms with E-state index < -0.39 is 0 Å². The lowest BCUT2D eigenvalue weighted by atomic mass is 10.2. The van der Waals surface area contributed by atoms with Gasteiger partial charge < -0.3 is 10.1 Å². The normalized spacial score (nSPS) is 10.7. The van der Waals surface area contributed by atoms with Crippen LogP contribution in [0, 0.1) is 6.92 Å². The molecule has 0 spiro atoms. The summed E-state index contributed by atoms with van der Waals surface area (Å²) in [5, 5.41) is 4.49. The Bertz CT molecular complexity index is 617. The van der Waals surface area contributed by atoms with Crippen LogP contribution in [0.1, 0.15) is 24.5 Å². The molecule has 0 amide bonds. The quantitative estimate of drug-likeness (QED) is 0.760. The standard InChI is InChI=1S/C16H18Cl2N2O/c1-3-6-19-9-12-8-14(18)16(20-10-12)21-15-5-4-13(17)7-11(15)2/h4-5,7-8,10,19H,3,6,9H2,1-2H3. The molecule has 1 N–H and O–H groups in total. The molecule has 0 saturated carbocycles. The lowest BCUT2D eigenvalue weighted by Gasteiger charge is -2.10. The largest absolute Gasteiger partial charge is 0.437 e. The Hall–Kier alpha value is -1.29. The summed E-state index contributed by atoms with van der Waals surface area (Å²) in [5.74, 6) is 1.10. The number of hydrogen-bond acceptors (Lipinski definition) is 3. The summed E-state index contributed by atoms with van der Waals surface area (Å²) in [6, 6.07) is 7.30. The highest BCUT2D eigenvalue weighted by atomic mass is 35.5. The van der Waals surface area contributed by atoms with Crippen molar-refractivity contribution < 1.29 is 4.74 Å². The van der Waals surface area contributed by atoms with Gasteiger partial charge in [0.1, 0.15) is 10.8 Å². The average Bonchev–Trinajstić information content (AvgIpc) is 2.44. The third-order valence-corrected chi connectivity index (χ3v) is 3.47. The van der Waals surface area contributed by atoms with Crippen LogP contribution in [-0.4, -0.2) is 11.5 Å². The van der Waals surface area contributed by atoms with Gasteiger partial charge in [-0.3, -0.25) is 0 Å². The topological polar surface area (TPSA) is 34.2 Å². The maximum Gasteiger partial charge on any atom is 0.238 e. The van der Waals surface area contributed by atoms with E-state index >= 15 is 0 Å². The number of ether oxygens (including phenoxy) is 1. The summed E-state index contributed by atoms with van der Waals surface area (Å²) in [5.41, 5.74) is 1.97. The van der Waals surface area contributed by atoms with Crippen LogP contribution < -0.4 is 10.1 Å². The molecule has 0 aliphatic rings. The average molecular weight is 325 g/mol. The van der Waals surface area contributed by atoms with Crippen LogP contribution in [0.15, 0.2) is 30.5 Å². The maximum absolute atomic E-state index is 6.23. The van der Waals surface area contributed by atoms with Crippen LogP contribution in [0.5, 0.6) is 11.6 Å². The van der Waals surface area contributed by atoms with Crippen LogP contribution in [0.3, 0.4) is 0 Å². The van der Waals surface area contributed by atoms with Gasteiger partial charge in [0.05, 0.1) is 0 Å². The SMILES string of the molecule is CCCNCc1cnc(Oc2ccc(Cl)cc2C)c(Cl)c1. The summed E-state index contributed by atoms with van der Waals surface area (Å²) in [4.78, 5) is 4.29. The summed E-state index contributed by atoms with van der Waals surface area (Å²) < 4.78 is 5.75. The number of pyridine rings is 1. The summed E-state index contributed by atoms with van der Waals surface area (Å²) >= 11 is 12.2. The summed E-state index contributed by atoms with van der Waals surface area (Å²) in [6.07, 6.45) is 2.87. The van der Waals surface area contributed by atoms with Crippen LogP contribution in [0.4, 0.5) is 0 Å². The maximum atomic E-state index is 6.23. The van der Waals surface area contributed by atoms with E-state index in [9.17, 15) is 0 Å². The van der Waals surface area contributed by atoms with Crippen LogP contribution in [-0.2, 0) is 6.54 Å². The molecule has 1 aromatic carbocycles.